The van der Waals surface area contributed by atoms with Gasteiger partial charge in [-0.3, -0.25) is 9.69 Å². The fourth-order valence-electron chi connectivity index (χ4n) is 3.94. The van der Waals surface area contributed by atoms with Crippen molar-refractivity contribution in [3.63, 3.8) is 0 Å². The van der Waals surface area contributed by atoms with E-state index >= 15 is 0 Å². The van der Waals surface area contributed by atoms with Crippen LogP contribution in [0.15, 0.2) is 42.5 Å². The Morgan fingerprint density at radius 1 is 1.06 bits per heavy atom. The largest absolute Gasteiger partial charge is 0.493 e. The predicted octanol–water partition coefficient (Wildman–Crippen LogP) is 3.18. The highest BCUT2D eigenvalue weighted by molar-refractivity contribution is 7.22. The number of aromatic nitrogens is 1. The molecule has 0 atom stereocenters. The third-order valence-electron chi connectivity index (χ3n) is 5.77. The van der Waals surface area contributed by atoms with Gasteiger partial charge in [-0.2, -0.15) is 0 Å². The van der Waals surface area contributed by atoms with E-state index in [1.54, 1.807) is 25.6 Å². The number of anilines is 1. The average Bonchev–Trinajstić information content (AvgIpc) is 3.27. The smallest absolute Gasteiger partial charge is 0.220 e. The molecular weight excluding hydrogens is 424 g/mol. The SMILES string of the molecule is COc1ccc2sc(N3CCN(CCNC(=O)CCc4ccccc4)CC3)nc2c1OC. The van der Waals surface area contributed by atoms with Crippen molar-refractivity contribution in [2.75, 3.05) is 58.4 Å². The number of nitrogens with one attached hydrogen (secondary N) is 1. The number of carbonyl (C=O) groups is 1. The molecular formula is C24H30N4O3S. The number of hydrogen-bond donors (Lipinski definition) is 1. The molecule has 4 rings (SSSR count). The number of hydrogen-bond acceptors (Lipinski definition) is 7. The van der Waals surface area contributed by atoms with Crippen LogP contribution in [-0.4, -0.2) is 69.3 Å². The number of carbonyl (C=O) groups excluding carboxylic acids is 1. The van der Waals surface area contributed by atoms with Crippen molar-refractivity contribution in [2.24, 2.45) is 0 Å². The van der Waals surface area contributed by atoms with Crippen LogP contribution in [0.4, 0.5) is 5.13 Å². The lowest BCUT2D eigenvalue weighted by atomic mass is 10.1. The molecule has 1 N–H and O–H groups in total. The molecule has 1 aliphatic rings. The number of amides is 1. The lowest BCUT2D eigenvalue weighted by Crippen LogP contribution is -2.48. The number of piperazine rings is 1. The standard InChI is InChI=1S/C24H30N4O3S/c1-30-19-9-10-20-22(23(19)31-2)26-24(32-20)28-16-14-27(15-17-28)13-12-25-21(29)11-8-18-6-4-3-5-7-18/h3-7,9-10H,8,11-17H2,1-2H3,(H,25,29). The molecule has 1 fully saturated rings. The molecule has 1 aromatic heterocycles. The molecule has 170 valence electrons. The number of aryl methyl sites for hydroxylation is 1. The van der Waals surface area contributed by atoms with E-state index in [0.29, 0.717) is 24.5 Å². The molecule has 1 saturated heterocycles. The predicted molar refractivity (Wildman–Crippen MR) is 129 cm³/mol. The van der Waals surface area contributed by atoms with Crippen molar-refractivity contribution in [3.05, 3.63) is 48.0 Å². The van der Waals surface area contributed by atoms with Crippen molar-refractivity contribution in [2.45, 2.75) is 12.8 Å². The second-order valence-corrected chi connectivity index (χ2v) is 8.82. The number of ether oxygens (including phenoxy) is 2. The Morgan fingerprint density at radius 3 is 2.56 bits per heavy atom. The van der Waals surface area contributed by atoms with E-state index in [1.807, 2.05) is 30.3 Å². The Hall–Kier alpha value is -2.84. The highest BCUT2D eigenvalue weighted by Gasteiger charge is 2.21. The van der Waals surface area contributed by atoms with Gasteiger partial charge in [0.05, 0.1) is 18.9 Å². The van der Waals surface area contributed by atoms with Gasteiger partial charge in [-0.05, 0) is 24.1 Å². The zero-order chi connectivity index (χ0) is 22.3. The molecule has 32 heavy (non-hydrogen) atoms. The quantitative estimate of drug-likeness (QED) is 0.536. The zero-order valence-corrected chi connectivity index (χ0v) is 19.5. The van der Waals surface area contributed by atoms with Crippen LogP contribution in [-0.2, 0) is 11.2 Å². The number of thiazole rings is 1. The van der Waals surface area contributed by atoms with Gasteiger partial charge in [0.1, 0.15) is 5.52 Å². The van der Waals surface area contributed by atoms with Crippen molar-refractivity contribution in [1.82, 2.24) is 15.2 Å². The summed E-state index contributed by atoms with van der Waals surface area (Å²) in [5, 5.41) is 4.07. The Kier molecular flexibility index (Phi) is 7.44. The van der Waals surface area contributed by atoms with E-state index in [9.17, 15) is 4.79 Å². The fourth-order valence-corrected chi connectivity index (χ4v) is 4.96. The van der Waals surface area contributed by atoms with Crippen LogP contribution in [0.25, 0.3) is 10.2 Å². The van der Waals surface area contributed by atoms with E-state index in [4.69, 9.17) is 14.5 Å². The lowest BCUT2D eigenvalue weighted by molar-refractivity contribution is -0.121. The van der Waals surface area contributed by atoms with Gasteiger partial charge in [0.25, 0.3) is 0 Å². The fraction of sp³-hybridized carbons (Fsp3) is 0.417. The first-order valence-electron chi connectivity index (χ1n) is 11.0. The van der Waals surface area contributed by atoms with Crippen LogP contribution >= 0.6 is 11.3 Å². The van der Waals surface area contributed by atoms with Gasteiger partial charge in [-0.25, -0.2) is 4.98 Å². The second-order valence-electron chi connectivity index (χ2n) is 7.81. The molecule has 1 amide bonds. The van der Waals surface area contributed by atoms with Gasteiger partial charge in [-0.15, -0.1) is 0 Å². The third-order valence-corrected chi connectivity index (χ3v) is 6.85. The Bertz CT molecular complexity index is 1030. The maximum absolute atomic E-state index is 12.1. The molecule has 8 heteroatoms. The first kappa shape index (κ1) is 22.4. The number of benzene rings is 2. The number of rotatable bonds is 9. The lowest BCUT2D eigenvalue weighted by Gasteiger charge is -2.34. The maximum Gasteiger partial charge on any atom is 0.220 e. The second kappa shape index (κ2) is 10.7. The van der Waals surface area contributed by atoms with Crippen LogP contribution < -0.4 is 19.7 Å². The summed E-state index contributed by atoms with van der Waals surface area (Å²) in [4.78, 5) is 21.7. The molecule has 0 unspecified atom stereocenters. The number of fused-ring (bicyclic) bond motifs is 1. The van der Waals surface area contributed by atoms with E-state index in [0.717, 1.165) is 54.5 Å². The van der Waals surface area contributed by atoms with Crippen LogP contribution in [0, 0.1) is 0 Å². The molecule has 0 radical (unpaired) electrons. The van der Waals surface area contributed by atoms with Gasteiger partial charge in [-0.1, -0.05) is 41.7 Å². The van der Waals surface area contributed by atoms with E-state index in [2.05, 4.69) is 27.2 Å². The molecule has 0 aliphatic carbocycles. The molecule has 2 heterocycles. The summed E-state index contributed by atoms with van der Waals surface area (Å²) in [6, 6.07) is 14.1. The monoisotopic (exact) mass is 454 g/mol. The summed E-state index contributed by atoms with van der Waals surface area (Å²) in [6.07, 6.45) is 1.31. The summed E-state index contributed by atoms with van der Waals surface area (Å²) >= 11 is 1.68. The topological polar surface area (TPSA) is 66.9 Å². The van der Waals surface area contributed by atoms with Gasteiger partial charge < -0.3 is 19.7 Å². The van der Waals surface area contributed by atoms with Crippen molar-refractivity contribution in [1.29, 1.82) is 0 Å². The Balaban J connectivity index is 1.22. The van der Waals surface area contributed by atoms with Crippen LogP contribution in [0.5, 0.6) is 11.5 Å². The van der Waals surface area contributed by atoms with E-state index < -0.39 is 0 Å². The molecule has 1 aliphatic heterocycles. The molecule has 0 spiro atoms. The highest BCUT2D eigenvalue weighted by atomic mass is 32.1. The molecule has 3 aromatic rings. The van der Waals surface area contributed by atoms with E-state index in [-0.39, 0.29) is 5.91 Å². The highest BCUT2D eigenvalue weighted by Crippen LogP contribution is 2.39. The summed E-state index contributed by atoms with van der Waals surface area (Å²) in [5.74, 6) is 1.51. The number of methoxy groups -OCH3 is 2. The van der Waals surface area contributed by atoms with Crippen molar-refractivity contribution >= 4 is 32.6 Å². The Labute approximate surface area is 192 Å². The Morgan fingerprint density at radius 2 is 1.84 bits per heavy atom. The van der Waals surface area contributed by atoms with Crippen LogP contribution in [0.2, 0.25) is 0 Å². The molecule has 0 saturated carbocycles. The summed E-state index contributed by atoms with van der Waals surface area (Å²) in [6.45, 7) is 5.30. The van der Waals surface area contributed by atoms with Gasteiger partial charge in [0.15, 0.2) is 16.6 Å². The van der Waals surface area contributed by atoms with Crippen molar-refractivity contribution < 1.29 is 14.3 Å². The first-order chi connectivity index (χ1) is 15.7. The number of nitrogens with zero attached hydrogens (tertiary/aromatic N) is 3. The summed E-state index contributed by atoms with van der Waals surface area (Å²) in [7, 11) is 3.29. The summed E-state index contributed by atoms with van der Waals surface area (Å²) < 4.78 is 12.0. The maximum atomic E-state index is 12.1. The average molecular weight is 455 g/mol. The van der Waals surface area contributed by atoms with Gasteiger partial charge in [0.2, 0.25) is 5.91 Å². The van der Waals surface area contributed by atoms with E-state index in [1.165, 1.54) is 5.56 Å². The zero-order valence-electron chi connectivity index (χ0n) is 18.7. The summed E-state index contributed by atoms with van der Waals surface area (Å²) in [5.41, 5.74) is 2.05. The minimum absolute atomic E-state index is 0.117. The third kappa shape index (κ3) is 5.31. The molecule has 2 aromatic carbocycles. The minimum atomic E-state index is 0.117. The minimum Gasteiger partial charge on any atom is -0.493 e. The molecule has 0 bridgehead atoms. The van der Waals surface area contributed by atoms with Gasteiger partial charge in [0, 0.05) is 45.7 Å². The van der Waals surface area contributed by atoms with Crippen LogP contribution in [0.1, 0.15) is 12.0 Å². The molecule has 7 nitrogen and oxygen atoms in total. The normalized spacial score (nSPS) is 14.5. The van der Waals surface area contributed by atoms with Crippen LogP contribution in [0.3, 0.4) is 0 Å². The van der Waals surface area contributed by atoms with Crippen molar-refractivity contribution in [3.8, 4) is 11.5 Å². The van der Waals surface area contributed by atoms with Gasteiger partial charge >= 0.3 is 0 Å². The first-order valence-corrected chi connectivity index (χ1v) is 11.8.